The molecule has 2 N–H and O–H groups in total. The van der Waals surface area contributed by atoms with E-state index in [1.54, 1.807) is 24.3 Å². The van der Waals surface area contributed by atoms with Crippen molar-refractivity contribution in [1.82, 2.24) is 4.72 Å². The Bertz CT molecular complexity index is 753. The van der Waals surface area contributed by atoms with Crippen molar-refractivity contribution in [3.05, 3.63) is 53.5 Å². The molecule has 1 aromatic heterocycles. The largest absolute Gasteiger partial charge is 0.467 e. The number of furan rings is 1. The van der Waals surface area contributed by atoms with E-state index in [4.69, 9.17) is 4.42 Å². The standard InChI is InChI=1S/C17H21NO4S/c19-16(17-6-3-11-22-17)9-10-18-23(20,21)15-8-7-13-4-1-2-5-14(13)12-15/h3,6-8,11-12,16,18-19H,1-2,4-5,9-10H2. The van der Waals surface area contributed by atoms with E-state index in [0.717, 1.165) is 24.8 Å². The fourth-order valence-corrected chi connectivity index (χ4v) is 4.01. The number of hydrogen-bond donors (Lipinski definition) is 2. The number of sulfonamides is 1. The van der Waals surface area contributed by atoms with Crippen molar-refractivity contribution in [3.8, 4) is 0 Å². The molecule has 0 spiro atoms. The molecular formula is C17H21NO4S. The number of nitrogens with one attached hydrogen (secondary N) is 1. The molecule has 0 radical (unpaired) electrons. The van der Waals surface area contributed by atoms with Gasteiger partial charge in [0.1, 0.15) is 11.9 Å². The summed E-state index contributed by atoms with van der Waals surface area (Å²) in [5.74, 6) is 0.443. The topological polar surface area (TPSA) is 79.5 Å². The van der Waals surface area contributed by atoms with Crippen LogP contribution in [0.15, 0.2) is 45.9 Å². The summed E-state index contributed by atoms with van der Waals surface area (Å²) in [5, 5.41) is 9.91. The summed E-state index contributed by atoms with van der Waals surface area (Å²) in [4.78, 5) is 0.297. The summed E-state index contributed by atoms with van der Waals surface area (Å²) < 4.78 is 32.4. The Labute approximate surface area is 136 Å². The van der Waals surface area contributed by atoms with Crippen LogP contribution in [0.2, 0.25) is 0 Å². The average Bonchev–Trinajstić information content (AvgIpc) is 3.08. The summed E-state index contributed by atoms with van der Waals surface area (Å²) in [6, 6.07) is 8.72. The molecule has 3 rings (SSSR count). The molecule has 1 atom stereocenters. The van der Waals surface area contributed by atoms with Gasteiger partial charge in [0.25, 0.3) is 0 Å². The lowest BCUT2D eigenvalue weighted by Crippen LogP contribution is -2.26. The van der Waals surface area contributed by atoms with Crippen molar-refractivity contribution in [2.45, 2.75) is 43.1 Å². The minimum Gasteiger partial charge on any atom is -0.467 e. The van der Waals surface area contributed by atoms with E-state index < -0.39 is 16.1 Å². The Balaban J connectivity index is 1.63. The second kappa shape index (κ2) is 6.86. The molecule has 0 bridgehead atoms. The highest BCUT2D eigenvalue weighted by atomic mass is 32.2. The van der Waals surface area contributed by atoms with Gasteiger partial charge in [-0.05, 0) is 67.5 Å². The number of aliphatic hydroxyl groups is 1. The van der Waals surface area contributed by atoms with Crippen LogP contribution in [0, 0.1) is 0 Å². The second-order valence-corrected chi connectivity index (χ2v) is 7.62. The van der Waals surface area contributed by atoms with Gasteiger partial charge in [0.2, 0.25) is 10.0 Å². The van der Waals surface area contributed by atoms with Crippen molar-refractivity contribution in [3.63, 3.8) is 0 Å². The van der Waals surface area contributed by atoms with Gasteiger partial charge in [-0.1, -0.05) is 6.07 Å². The molecule has 1 aliphatic rings. The van der Waals surface area contributed by atoms with Gasteiger partial charge in [-0.15, -0.1) is 0 Å². The summed E-state index contributed by atoms with van der Waals surface area (Å²) in [6.07, 6.45) is 5.18. The summed E-state index contributed by atoms with van der Waals surface area (Å²) in [6.45, 7) is 0.154. The van der Waals surface area contributed by atoms with Gasteiger partial charge in [-0.3, -0.25) is 0 Å². The Morgan fingerprint density at radius 1 is 1.17 bits per heavy atom. The number of benzene rings is 1. The monoisotopic (exact) mass is 335 g/mol. The highest BCUT2D eigenvalue weighted by Gasteiger charge is 2.18. The summed E-state index contributed by atoms with van der Waals surface area (Å²) in [5.41, 5.74) is 2.39. The number of aryl methyl sites for hydroxylation is 2. The molecule has 1 aliphatic carbocycles. The molecule has 0 amide bonds. The van der Waals surface area contributed by atoms with E-state index in [9.17, 15) is 13.5 Å². The molecule has 124 valence electrons. The lowest BCUT2D eigenvalue weighted by molar-refractivity contribution is 0.142. The molecule has 1 heterocycles. The number of fused-ring (bicyclic) bond motifs is 1. The molecule has 1 aromatic carbocycles. The maximum absolute atomic E-state index is 12.4. The van der Waals surface area contributed by atoms with Crippen molar-refractivity contribution >= 4 is 10.0 Å². The van der Waals surface area contributed by atoms with E-state index in [1.165, 1.54) is 18.2 Å². The third-order valence-corrected chi connectivity index (χ3v) is 5.67. The SMILES string of the molecule is O=S(=O)(NCCC(O)c1ccco1)c1ccc2c(c1)CCCC2. The predicted octanol–water partition coefficient (Wildman–Crippen LogP) is 2.56. The fourth-order valence-electron chi connectivity index (χ4n) is 2.91. The molecule has 6 heteroatoms. The van der Waals surface area contributed by atoms with Gasteiger partial charge < -0.3 is 9.52 Å². The highest BCUT2D eigenvalue weighted by Crippen LogP contribution is 2.24. The van der Waals surface area contributed by atoms with E-state index >= 15 is 0 Å². The normalized spacial score (nSPS) is 16.0. The Hall–Kier alpha value is -1.63. The maximum Gasteiger partial charge on any atom is 0.240 e. The molecule has 23 heavy (non-hydrogen) atoms. The Kier molecular flexibility index (Phi) is 4.84. The summed E-state index contributed by atoms with van der Waals surface area (Å²) >= 11 is 0. The van der Waals surface area contributed by atoms with Crippen LogP contribution in [-0.4, -0.2) is 20.1 Å². The first kappa shape index (κ1) is 16.2. The molecule has 0 aliphatic heterocycles. The van der Waals surface area contributed by atoms with Crippen LogP contribution < -0.4 is 4.72 Å². The number of hydrogen-bond acceptors (Lipinski definition) is 4. The van der Waals surface area contributed by atoms with E-state index in [2.05, 4.69) is 4.72 Å². The molecule has 0 fully saturated rings. The van der Waals surface area contributed by atoms with E-state index in [0.29, 0.717) is 10.7 Å². The van der Waals surface area contributed by atoms with Crippen molar-refractivity contribution in [2.75, 3.05) is 6.54 Å². The number of rotatable bonds is 6. The Morgan fingerprint density at radius 2 is 1.96 bits per heavy atom. The third-order valence-electron chi connectivity index (χ3n) is 4.21. The third kappa shape index (κ3) is 3.83. The van der Waals surface area contributed by atoms with Gasteiger partial charge >= 0.3 is 0 Å². The molecule has 1 unspecified atom stereocenters. The van der Waals surface area contributed by atoms with Gasteiger partial charge in [0.05, 0.1) is 11.2 Å². The first-order valence-corrected chi connectivity index (χ1v) is 9.37. The molecule has 2 aromatic rings. The van der Waals surface area contributed by atoms with Gasteiger partial charge in [0.15, 0.2) is 0 Å². The van der Waals surface area contributed by atoms with E-state index in [1.807, 2.05) is 6.07 Å². The first-order valence-electron chi connectivity index (χ1n) is 7.89. The van der Waals surface area contributed by atoms with Crippen LogP contribution in [0.4, 0.5) is 0 Å². The average molecular weight is 335 g/mol. The van der Waals surface area contributed by atoms with Crippen LogP contribution in [0.1, 0.15) is 42.3 Å². The first-order chi connectivity index (χ1) is 11.1. The van der Waals surface area contributed by atoms with Gasteiger partial charge in [0, 0.05) is 6.54 Å². The molecule has 0 saturated carbocycles. The lowest BCUT2D eigenvalue weighted by Gasteiger charge is -2.17. The minimum absolute atomic E-state index is 0.154. The number of aliphatic hydroxyl groups excluding tert-OH is 1. The lowest BCUT2D eigenvalue weighted by atomic mass is 9.92. The molecule has 5 nitrogen and oxygen atoms in total. The van der Waals surface area contributed by atoms with Gasteiger partial charge in [-0.25, -0.2) is 13.1 Å². The smallest absolute Gasteiger partial charge is 0.240 e. The van der Waals surface area contributed by atoms with Crippen LogP contribution in [0.25, 0.3) is 0 Å². The van der Waals surface area contributed by atoms with E-state index in [-0.39, 0.29) is 13.0 Å². The van der Waals surface area contributed by atoms with Gasteiger partial charge in [-0.2, -0.15) is 0 Å². The quantitative estimate of drug-likeness (QED) is 0.850. The molecule has 0 saturated heterocycles. The zero-order valence-electron chi connectivity index (χ0n) is 12.9. The van der Waals surface area contributed by atoms with Crippen LogP contribution in [0.5, 0.6) is 0 Å². The zero-order valence-corrected chi connectivity index (χ0v) is 13.7. The van der Waals surface area contributed by atoms with Crippen molar-refractivity contribution in [1.29, 1.82) is 0 Å². The minimum atomic E-state index is -3.55. The summed E-state index contributed by atoms with van der Waals surface area (Å²) in [7, 11) is -3.55. The van der Waals surface area contributed by atoms with Crippen LogP contribution in [0.3, 0.4) is 0 Å². The van der Waals surface area contributed by atoms with Crippen molar-refractivity contribution < 1.29 is 17.9 Å². The molecular weight excluding hydrogens is 314 g/mol. The van der Waals surface area contributed by atoms with Crippen molar-refractivity contribution in [2.24, 2.45) is 0 Å². The Morgan fingerprint density at radius 3 is 2.70 bits per heavy atom. The zero-order chi connectivity index (χ0) is 16.3. The second-order valence-electron chi connectivity index (χ2n) is 5.86. The predicted molar refractivity (Wildman–Crippen MR) is 86.6 cm³/mol. The fraction of sp³-hybridized carbons (Fsp3) is 0.412. The van der Waals surface area contributed by atoms with Crippen LogP contribution >= 0.6 is 0 Å². The van der Waals surface area contributed by atoms with Crippen LogP contribution in [-0.2, 0) is 22.9 Å². The maximum atomic E-state index is 12.4. The highest BCUT2D eigenvalue weighted by molar-refractivity contribution is 7.89.